The molecule has 1 N–H and O–H groups in total. The molecule has 0 radical (unpaired) electrons. The van der Waals surface area contributed by atoms with Gasteiger partial charge in [-0.1, -0.05) is 28.1 Å². The minimum Gasteiger partial charge on any atom is -0.265 e. The van der Waals surface area contributed by atoms with Crippen LogP contribution in [0.25, 0.3) is 10.2 Å². The maximum atomic E-state index is 12.2. The summed E-state index contributed by atoms with van der Waals surface area (Å²) in [5.74, 6) is -0.732. The number of para-hydroxylation sites is 1. The number of sulfonamides is 1. The fourth-order valence-electron chi connectivity index (χ4n) is 1.81. The van der Waals surface area contributed by atoms with E-state index < -0.39 is 15.9 Å². The Morgan fingerprint density at radius 1 is 1.09 bits per heavy atom. The molecule has 3 rings (SSSR count). The van der Waals surface area contributed by atoms with Gasteiger partial charge in [-0.15, -0.1) is 11.3 Å². The first-order valence-corrected chi connectivity index (χ1v) is 9.23. The summed E-state index contributed by atoms with van der Waals surface area (Å²) >= 11 is 4.38. The first kappa shape index (κ1) is 15.1. The summed E-state index contributed by atoms with van der Waals surface area (Å²) in [6.45, 7) is 0. The smallest absolute Gasteiger partial charge is 0.265 e. The van der Waals surface area contributed by atoms with Crippen molar-refractivity contribution in [1.29, 1.82) is 0 Å². The van der Waals surface area contributed by atoms with Crippen molar-refractivity contribution in [2.24, 2.45) is 0 Å². The van der Waals surface area contributed by atoms with E-state index in [1.807, 2.05) is 22.9 Å². The van der Waals surface area contributed by atoms with Crippen LogP contribution in [0.15, 0.2) is 57.9 Å². The molecule has 0 spiro atoms. The third kappa shape index (κ3) is 3.03. The Hall–Kier alpha value is -1.77. The van der Waals surface area contributed by atoms with Crippen LogP contribution in [0.5, 0.6) is 0 Å². The Kier molecular flexibility index (Phi) is 3.98. The number of carbonyl (C=O) groups excluding carboxylic acids is 1. The van der Waals surface area contributed by atoms with Gasteiger partial charge in [0.15, 0.2) is 5.01 Å². The standard InChI is InChI=1S/C14H9BrN2O3S2/c15-9-5-7-10(8-6-9)22(19,20)17-13(18)14-16-11-3-1-2-4-12(11)21-14/h1-8H,(H,17,18). The highest BCUT2D eigenvalue weighted by atomic mass is 79.9. The van der Waals surface area contributed by atoms with Gasteiger partial charge in [-0.25, -0.2) is 18.1 Å². The Labute approximate surface area is 139 Å². The number of fused-ring (bicyclic) bond motifs is 1. The lowest BCUT2D eigenvalue weighted by Crippen LogP contribution is -2.30. The van der Waals surface area contributed by atoms with Gasteiger partial charge in [0.05, 0.1) is 15.1 Å². The number of rotatable bonds is 3. The topological polar surface area (TPSA) is 76.1 Å². The minimum atomic E-state index is -3.92. The number of nitrogens with zero attached hydrogens (tertiary/aromatic N) is 1. The molecule has 0 aliphatic heterocycles. The van der Waals surface area contributed by atoms with Gasteiger partial charge < -0.3 is 0 Å². The van der Waals surface area contributed by atoms with E-state index in [9.17, 15) is 13.2 Å². The predicted octanol–water partition coefficient (Wildman–Crippen LogP) is 3.18. The van der Waals surface area contributed by atoms with Crippen molar-refractivity contribution in [2.45, 2.75) is 4.90 Å². The normalized spacial score (nSPS) is 11.5. The molecule has 2 aromatic carbocycles. The van der Waals surface area contributed by atoms with Crippen LogP contribution < -0.4 is 4.72 Å². The van der Waals surface area contributed by atoms with E-state index in [-0.39, 0.29) is 9.90 Å². The van der Waals surface area contributed by atoms with Crippen LogP contribution in [0.2, 0.25) is 0 Å². The molecule has 112 valence electrons. The van der Waals surface area contributed by atoms with Crippen molar-refractivity contribution >= 4 is 53.4 Å². The van der Waals surface area contributed by atoms with Crippen LogP contribution in [0.3, 0.4) is 0 Å². The molecule has 1 aromatic heterocycles. The van der Waals surface area contributed by atoms with E-state index in [2.05, 4.69) is 20.9 Å². The van der Waals surface area contributed by atoms with Crippen LogP contribution in [-0.2, 0) is 10.0 Å². The SMILES string of the molecule is O=C(NS(=O)(=O)c1ccc(Br)cc1)c1nc2ccccc2s1. The average molecular weight is 397 g/mol. The fourth-order valence-corrected chi connectivity index (χ4v) is 3.95. The summed E-state index contributed by atoms with van der Waals surface area (Å²) in [7, 11) is -3.92. The Morgan fingerprint density at radius 3 is 2.45 bits per heavy atom. The zero-order chi connectivity index (χ0) is 15.7. The van der Waals surface area contributed by atoms with Crippen LogP contribution >= 0.6 is 27.3 Å². The molecular weight excluding hydrogens is 388 g/mol. The first-order chi connectivity index (χ1) is 10.5. The second-order valence-corrected chi connectivity index (χ2v) is 8.00. The number of amides is 1. The lowest BCUT2D eigenvalue weighted by molar-refractivity contribution is 0.0981. The number of thiazole rings is 1. The molecule has 3 aromatic rings. The molecule has 0 bridgehead atoms. The molecule has 1 amide bonds. The maximum absolute atomic E-state index is 12.2. The summed E-state index contributed by atoms with van der Waals surface area (Å²) in [6, 6.07) is 13.3. The van der Waals surface area contributed by atoms with Gasteiger partial charge in [0.2, 0.25) is 0 Å². The Morgan fingerprint density at radius 2 is 1.77 bits per heavy atom. The van der Waals surface area contributed by atoms with E-state index in [4.69, 9.17) is 0 Å². The van der Waals surface area contributed by atoms with Crippen molar-refractivity contribution in [1.82, 2.24) is 9.71 Å². The van der Waals surface area contributed by atoms with Crippen molar-refractivity contribution in [3.05, 3.63) is 58.0 Å². The first-order valence-electron chi connectivity index (χ1n) is 6.14. The molecule has 0 aliphatic rings. The molecule has 8 heteroatoms. The molecular formula is C14H9BrN2O3S2. The number of hydrogen-bond donors (Lipinski definition) is 1. The zero-order valence-electron chi connectivity index (χ0n) is 11.0. The number of benzene rings is 2. The molecule has 0 atom stereocenters. The van der Waals surface area contributed by atoms with Crippen molar-refractivity contribution < 1.29 is 13.2 Å². The molecule has 0 saturated carbocycles. The monoisotopic (exact) mass is 396 g/mol. The molecule has 0 unspecified atom stereocenters. The summed E-state index contributed by atoms with van der Waals surface area (Å²) in [6.07, 6.45) is 0. The summed E-state index contributed by atoms with van der Waals surface area (Å²) in [5, 5.41) is 0.113. The highest BCUT2D eigenvalue weighted by molar-refractivity contribution is 9.10. The van der Waals surface area contributed by atoms with Crippen LogP contribution in [0.1, 0.15) is 9.80 Å². The molecule has 5 nitrogen and oxygen atoms in total. The minimum absolute atomic E-state index is 0.0187. The maximum Gasteiger partial charge on any atom is 0.294 e. The average Bonchev–Trinajstić information content (AvgIpc) is 2.91. The van der Waals surface area contributed by atoms with Gasteiger partial charge in [0.1, 0.15) is 0 Å². The van der Waals surface area contributed by atoms with Gasteiger partial charge in [0.25, 0.3) is 15.9 Å². The Balaban J connectivity index is 1.88. The fraction of sp³-hybridized carbons (Fsp3) is 0. The Bertz CT molecular complexity index is 917. The van der Waals surface area contributed by atoms with Gasteiger partial charge >= 0.3 is 0 Å². The lowest BCUT2D eigenvalue weighted by atomic mass is 10.3. The van der Waals surface area contributed by atoms with Crippen LogP contribution in [-0.4, -0.2) is 19.3 Å². The molecule has 0 aliphatic carbocycles. The molecule has 22 heavy (non-hydrogen) atoms. The van der Waals surface area contributed by atoms with Gasteiger partial charge in [-0.3, -0.25) is 4.79 Å². The summed E-state index contributed by atoms with van der Waals surface area (Å²) < 4.78 is 28.0. The second kappa shape index (κ2) is 5.79. The number of nitrogens with one attached hydrogen (secondary N) is 1. The third-order valence-corrected chi connectivity index (χ3v) is 5.75. The lowest BCUT2D eigenvalue weighted by Gasteiger charge is -2.05. The number of aromatic nitrogens is 1. The largest absolute Gasteiger partial charge is 0.294 e. The number of hydrogen-bond acceptors (Lipinski definition) is 5. The van der Waals surface area contributed by atoms with Crippen molar-refractivity contribution in [3.63, 3.8) is 0 Å². The van der Waals surface area contributed by atoms with Crippen LogP contribution in [0.4, 0.5) is 0 Å². The van der Waals surface area contributed by atoms with E-state index in [0.717, 1.165) is 20.5 Å². The second-order valence-electron chi connectivity index (χ2n) is 4.38. The zero-order valence-corrected chi connectivity index (χ0v) is 14.2. The van der Waals surface area contributed by atoms with E-state index in [1.54, 1.807) is 18.2 Å². The number of carbonyl (C=O) groups is 1. The molecule has 0 fully saturated rings. The van der Waals surface area contributed by atoms with Crippen molar-refractivity contribution in [2.75, 3.05) is 0 Å². The van der Waals surface area contributed by atoms with Gasteiger partial charge in [-0.05, 0) is 36.4 Å². The van der Waals surface area contributed by atoms with Crippen LogP contribution in [0, 0.1) is 0 Å². The highest BCUT2D eigenvalue weighted by Gasteiger charge is 2.21. The predicted molar refractivity (Wildman–Crippen MR) is 88.4 cm³/mol. The van der Waals surface area contributed by atoms with E-state index >= 15 is 0 Å². The third-order valence-electron chi connectivity index (χ3n) is 2.84. The van der Waals surface area contributed by atoms with Crippen molar-refractivity contribution in [3.8, 4) is 0 Å². The molecule has 0 saturated heterocycles. The van der Waals surface area contributed by atoms with E-state index in [1.165, 1.54) is 12.1 Å². The summed E-state index contributed by atoms with van der Waals surface area (Å²) in [5.41, 5.74) is 0.665. The van der Waals surface area contributed by atoms with E-state index in [0.29, 0.717) is 5.52 Å². The number of halogens is 1. The molecule has 1 heterocycles. The quantitative estimate of drug-likeness (QED) is 0.737. The highest BCUT2D eigenvalue weighted by Crippen LogP contribution is 2.22. The van der Waals surface area contributed by atoms with Gasteiger partial charge in [-0.2, -0.15) is 0 Å². The summed E-state index contributed by atoms with van der Waals surface area (Å²) in [4.78, 5) is 16.3. The van der Waals surface area contributed by atoms with Gasteiger partial charge in [0, 0.05) is 4.47 Å².